The van der Waals surface area contributed by atoms with Gasteiger partial charge in [0.2, 0.25) is 0 Å². The summed E-state index contributed by atoms with van der Waals surface area (Å²) in [6, 6.07) is 0. The molecule has 0 radical (unpaired) electrons. The molecule has 7 heteroatoms. The number of ether oxygens (including phenoxy) is 2. The highest BCUT2D eigenvalue weighted by Crippen LogP contribution is 2.19. The first-order valence-corrected chi connectivity index (χ1v) is 8.73. The van der Waals surface area contributed by atoms with E-state index in [4.69, 9.17) is 9.47 Å². The van der Waals surface area contributed by atoms with Crippen LogP contribution in [0.15, 0.2) is 0 Å². The number of nitrogens with zero attached hydrogens (tertiary/aromatic N) is 1. The van der Waals surface area contributed by atoms with Crippen LogP contribution < -0.4 is 5.32 Å². The second-order valence-corrected chi connectivity index (χ2v) is 6.97. The second-order valence-electron chi connectivity index (χ2n) is 6.97. The molecule has 0 saturated carbocycles. The number of morpholine rings is 1. The number of aromatic nitrogens is 1. The quantitative estimate of drug-likeness (QED) is 0.759. The molecule has 0 bridgehead atoms. The first-order chi connectivity index (χ1) is 11.8. The lowest BCUT2D eigenvalue weighted by molar-refractivity contribution is -0.0295. The minimum atomic E-state index is -0.440. The summed E-state index contributed by atoms with van der Waals surface area (Å²) in [6.45, 7) is 11.8. The van der Waals surface area contributed by atoms with E-state index in [1.54, 1.807) is 13.8 Å². The zero-order chi connectivity index (χ0) is 18.6. The van der Waals surface area contributed by atoms with Crippen LogP contribution in [-0.4, -0.2) is 67.8 Å². The molecule has 1 aliphatic heterocycles. The SMILES string of the molecule is COC(=O)c1c(C)[nH]c(C(=O)NCC2CN(CC(C)C)CCO2)c1C. The first-order valence-electron chi connectivity index (χ1n) is 8.73. The van der Waals surface area contributed by atoms with Crippen molar-refractivity contribution >= 4 is 11.9 Å². The fourth-order valence-corrected chi connectivity index (χ4v) is 3.27. The Morgan fingerprint density at radius 2 is 2.12 bits per heavy atom. The van der Waals surface area contributed by atoms with E-state index in [0.29, 0.717) is 41.6 Å². The molecule has 1 atom stereocenters. The Kier molecular flexibility index (Phi) is 6.61. The number of methoxy groups -OCH3 is 1. The topological polar surface area (TPSA) is 83.7 Å². The van der Waals surface area contributed by atoms with Crippen molar-refractivity contribution in [3.05, 3.63) is 22.5 Å². The zero-order valence-corrected chi connectivity index (χ0v) is 15.8. The number of nitrogens with one attached hydrogen (secondary N) is 2. The lowest BCUT2D eigenvalue weighted by Crippen LogP contribution is -2.48. The highest BCUT2D eigenvalue weighted by molar-refractivity contribution is 6.00. The fourth-order valence-electron chi connectivity index (χ4n) is 3.27. The normalized spacial score (nSPS) is 18.4. The van der Waals surface area contributed by atoms with Gasteiger partial charge >= 0.3 is 5.97 Å². The Hall–Kier alpha value is -1.86. The minimum Gasteiger partial charge on any atom is -0.465 e. The molecule has 0 aromatic carbocycles. The monoisotopic (exact) mass is 351 g/mol. The number of rotatable bonds is 6. The number of aryl methyl sites for hydroxylation is 1. The first kappa shape index (κ1) is 19.5. The minimum absolute atomic E-state index is 0.0205. The van der Waals surface area contributed by atoms with Gasteiger partial charge in [0.25, 0.3) is 5.91 Å². The molecule has 140 valence electrons. The lowest BCUT2D eigenvalue weighted by Gasteiger charge is -2.33. The largest absolute Gasteiger partial charge is 0.465 e. The predicted octanol–water partition coefficient (Wildman–Crippen LogP) is 1.50. The summed E-state index contributed by atoms with van der Waals surface area (Å²) < 4.78 is 10.5. The van der Waals surface area contributed by atoms with Crippen LogP contribution in [0, 0.1) is 19.8 Å². The maximum Gasteiger partial charge on any atom is 0.339 e. The van der Waals surface area contributed by atoms with Gasteiger partial charge in [0.05, 0.1) is 25.4 Å². The van der Waals surface area contributed by atoms with Crippen LogP contribution in [0.2, 0.25) is 0 Å². The highest BCUT2D eigenvalue weighted by Gasteiger charge is 2.25. The van der Waals surface area contributed by atoms with Crippen LogP contribution in [0.1, 0.15) is 46.0 Å². The van der Waals surface area contributed by atoms with E-state index in [2.05, 4.69) is 29.0 Å². The van der Waals surface area contributed by atoms with Gasteiger partial charge in [0.15, 0.2) is 0 Å². The molecule has 1 aromatic rings. The van der Waals surface area contributed by atoms with Crippen molar-refractivity contribution in [3.63, 3.8) is 0 Å². The van der Waals surface area contributed by atoms with Crippen LogP contribution in [0.4, 0.5) is 0 Å². The summed E-state index contributed by atoms with van der Waals surface area (Å²) in [5.74, 6) is -0.0693. The molecule has 0 aliphatic carbocycles. The number of H-pyrrole nitrogens is 1. The van der Waals surface area contributed by atoms with Crippen molar-refractivity contribution in [3.8, 4) is 0 Å². The molecule has 2 rings (SSSR count). The molecule has 25 heavy (non-hydrogen) atoms. The summed E-state index contributed by atoms with van der Waals surface area (Å²) in [5, 5.41) is 2.91. The molecular formula is C18H29N3O4. The van der Waals surface area contributed by atoms with Gasteiger partial charge in [-0.25, -0.2) is 4.79 Å². The lowest BCUT2D eigenvalue weighted by atomic mass is 10.1. The summed E-state index contributed by atoms with van der Waals surface area (Å²) in [6.07, 6.45) is -0.0205. The van der Waals surface area contributed by atoms with E-state index in [1.165, 1.54) is 7.11 Å². The van der Waals surface area contributed by atoms with Gasteiger partial charge in [0.1, 0.15) is 5.69 Å². The summed E-state index contributed by atoms with van der Waals surface area (Å²) in [5.41, 5.74) is 2.05. The van der Waals surface area contributed by atoms with Gasteiger partial charge in [-0.1, -0.05) is 13.8 Å². The van der Waals surface area contributed by atoms with Gasteiger partial charge in [-0.2, -0.15) is 0 Å². The smallest absolute Gasteiger partial charge is 0.339 e. The number of hydrogen-bond donors (Lipinski definition) is 2. The molecule has 2 N–H and O–H groups in total. The van der Waals surface area contributed by atoms with Gasteiger partial charge in [0, 0.05) is 31.9 Å². The molecule has 1 unspecified atom stereocenters. The van der Waals surface area contributed by atoms with Gasteiger partial charge in [-0.15, -0.1) is 0 Å². The Morgan fingerprint density at radius 3 is 2.76 bits per heavy atom. The standard InChI is InChI=1S/C18H29N3O4/c1-11(2)9-21-6-7-25-14(10-21)8-19-17(22)16-12(3)15(13(4)20-16)18(23)24-5/h11,14,20H,6-10H2,1-5H3,(H,19,22). The molecule has 2 heterocycles. The molecule has 1 fully saturated rings. The van der Waals surface area contributed by atoms with Gasteiger partial charge < -0.3 is 19.8 Å². The maximum absolute atomic E-state index is 12.5. The van der Waals surface area contributed by atoms with E-state index >= 15 is 0 Å². The van der Waals surface area contributed by atoms with Crippen molar-refractivity contribution < 1.29 is 19.1 Å². The molecule has 7 nitrogen and oxygen atoms in total. The Bertz CT molecular complexity index is 624. The predicted molar refractivity (Wildman–Crippen MR) is 95.0 cm³/mol. The van der Waals surface area contributed by atoms with Crippen molar-refractivity contribution in [2.24, 2.45) is 5.92 Å². The number of esters is 1. The summed E-state index contributed by atoms with van der Waals surface area (Å²) in [7, 11) is 1.33. The van der Waals surface area contributed by atoms with E-state index in [9.17, 15) is 9.59 Å². The third-order valence-corrected chi connectivity index (χ3v) is 4.39. The maximum atomic E-state index is 12.5. The Labute approximate surface area is 149 Å². The number of hydrogen-bond acceptors (Lipinski definition) is 5. The van der Waals surface area contributed by atoms with Crippen molar-refractivity contribution in [2.75, 3.05) is 39.9 Å². The van der Waals surface area contributed by atoms with Gasteiger partial charge in [-0.05, 0) is 25.3 Å². The number of amides is 1. The van der Waals surface area contributed by atoms with Crippen LogP contribution in [-0.2, 0) is 9.47 Å². The Morgan fingerprint density at radius 1 is 1.40 bits per heavy atom. The summed E-state index contributed by atoms with van der Waals surface area (Å²) >= 11 is 0. The van der Waals surface area contributed by atoms with Crippen LogP contribution in [0.25, 0.3) is 0 Å². The van der Waals surface area contributed by atoms with Gasteiger partial charge in [-0.3, -0.25) is 9.69 Å². The second kappa shape index (κ2) is 8.49. The van der Waals surface area contributed by atoms with Crippen molar-refractivity contribution in [2.45, 2.75) is 33.8 Å². The average molecular weight is 351 g/mol. The number of carbonyl (C=O) groups excluding carboxylic acids is 2. The molecule has 1 aliphatic rings. The Balaban J connectivity index is 1.95. The van der Waals surface area contributed by atoms with Crippen LogP contribution >= 0.6 is 0 Å². The van der Waals surface area contributed by atoms with E-state index in [-0.39, 0.29) is 12.0 Å². The molecular weight excluding hydrogens is 322 g/mol. The number of carbonyl (C=O) groups is 2. The van der Waals surface area contributed by atoms with E-state index in [1.807, 2.05) is 0 Å². The molecule has 1 saturated heterocycles. The van der Waals surface area contributed by atoms with Crippen molar-refractivity contribution in [1.82, 2.24) is 15.2 Å². The van der Waals surface area contributed by atoms with Crippen molar-refractivity contribution in [1.29, 1.82) is 0 Å². The van der Waals surface area contributed by atoms with E-state index in [0.717, 1.165) is 19.6 Å². The third kappa shape index (κ3) is 4.83. The highest BCUT2D eigenvalue weighted by atomic mass is 16.5. The van der Waals surface area contributed by atoms with E-state index < -0.39 is 5.97 Å². The zero-order valence-electron chi connectivity index (χ0n) is 15.8. The third-order valence-electron chi connectivity index (χ3n) is 4.39. The van der Waals surface area contributed by atoms with Crippen LogP contribution in [0.3, 0.4) is 0 Å². The molecule has 1 aromatic heterocycles. The van der Waals surface area contributed by atoms with Crippen LogP contribution in [0.5, 0.6) is 0 Å². The fraction of sp³-hybridized carbons (Fsp3) is 0.667. The number of aromatic amines is 1. The molecule has 1 amide bonds. The average Bonchev–Trinajstić information content (AvgIpc) is 2.86. The molecule has 0 spiro atoms. The summed E-state index contributed by atoms with van der Waals surface area (Å²) in [4.78, 5) is 29.7.